The van der Waals surface area contributed by atoms with Crippen LogP contribution in [0.5, 0.6) is 0 Å². The monoisotopic (exact) mass is 395 g/mol. The van der Waals surface area contributed by atoms with Gasteiger partial charge in [0.2, 0.25) is 5.96 Å². The molecule has 15 heteroatoms. The fraction of sp³-hybridized carbons (Fsp3) is 0.667. The SMILES string of the molecule is N=C(N)N=C(SCCS(=O)(=O)[O-])SCCS(=O)(=O)[O-].[Na+].[Na+]. The van der Waals surface area contributed by atoms with Crippen LogP contribution in [-0.4, -0.2) is 59.3 Å². The minimum absolute atomic E-state index is 0. The Morgan fingerprint density at radius 3 is 1.57 bits per heavy atom. The molecule has 0 aromatic rings. The van der Waals surface area contributed by atoms with Gasteiger partial charge in [-0.1, -0.05) is 23.5 Å². The van der Waals surface area contributed by atoms with Crippen molar-refractivity contribution < 1.29 is 85.1 Å². The Bertz CT molecular complexity index is 509. The van der Waals surface area contributed by atoms with Gasteiger partial charge >= 0.3 is 59.1 Å². The van der Waals surface area contributed by atoms with Crippen molar-refractivity contribution in [2.45, 2.75) is 0 Å². The van der Waals surface area contributed by atoms with Crippen LogP contribution in [0.4, 0.5) is 0 Å². The van der Waals surface area contributed by atoms with Crippen LogP contribution in [-0.2, 0) is 20.2 Å². The summed E-state index contributed by atoms with van der Waals surface area (Å²) < 4.78 is 62.4. The van der Waals surface area contributed by atoms with E-state index in [1.54, 1.807) is 0 Å². The predicted molar refractivity (Wildman–Crippen MR) is 73.4 cm³/mol. The number of nitrogens with one attached hydrogen (secondary N) is 1. The topological polar surface area (TPSA) is 177 Å². The van der Waals surface area contributed by atoms with Gasteiger partial charge in [-0.05, 0) is 0 Å². The molecule has 0 heterocycles. The fourth-order valence-electron chi connectivity index (χ4n) is 0.667. The van der Waals surface area contributed by atoms with E-state index in [-0.39, 0.29) is 75.0 Å². The van der Waals surface area contributed by atoms with E-state index in [2.05, 4.69) is 4.99 Å². The zero-order valence-electron chi connectivity index (χ0n) is 11.4. The standard InChI is InChI=1S/C6H13N3O6S4.2Na/c7-5(8)9-6(16-1-3-18(10,11)12)17-2-4-19(13,14)15;;/h1-4H2,(H3,7,8)(H,10,11,12)(H,13,14,15);;/q;2*+1/p-2. The Morgan fingerprint density at radius 2 is 1.33 bits per heavy atom. The van der Waals surface area contributed by atoms with Crippen molar-refractivity contribution >= 4 is 54.1 Å². The molecule has 0 atom stereocenters. The first-order valence-corrected chi connectivity index (χ1v) is 9.67. The summed E-state index contributed by atoms with van der Waals surface area (Å²) in [6.45, 7) is 0. The largest absolute Gasteiger partial charge is 1.00 e. The molecule has 9 nitrogen and oxygen atoms in total. The molecule has 0 aliphatic heterocycles. The molecule has 0 aromatic heterocycles. The van der Waals surface area contributed by atoms with Crippen LogP contribution >= 0.6 is 23.5 Å². The number of guanidine groups is 1. The van der Waals surface area contributed by atoms with Gasteiger partial charge in [-0.15, -0.1) is 0 Å². The first kappa shape index (κ1) is 27.5. The second-order valence-electron chi connectivity index (χ2n) is 2.98. The average molecular weight is 395 g/mol. The first-order valence-electron chi connectivity index (χ1n) is 4.55. The quantitative estimate of drug-likeness (QED) is 0.191. The van der Waals surface area contributed by atoms with Crippen molar-refractivity contribution in [3.8, 4) is 0 Å². The van der Waals surface area contributed by atoms with Gasteiger partial charge in [-0.25, -0.2) is 21.8 Å². The van der Waals surface area contributed by atoms with Gasteiger partial charge in [-0.3, -0.25) is 5.41 Å². The van der Waals surface area contributed by atoms with E-state index in [1.165, 1.54) is 0 Å². The summed E-state index contributed by atoms with van der Waals surface area (Å²) in [5.74, 6) is -2.02. The maximum absolute atomic E-state index is 10.4. The second-order valence-corrected chi connectivity index (χ2v) is 8.46. The van der Waals surface area contributed by atoms with E-state index in [9.17, 15) is 25.9 Å². The summed E-state index contributed by atoms with van der Waals surface area (Å²) in [7, 11) is -8.72. The Morgan fingerprint density at radius 1 is 1.00 bits per heavy atom. The van der Waals surface area contributed by atoms with Crippen molar-refractivity contribution in [2.24, 2.45) is 10.7 Å². The molecule has 0 aromatic carbocycles. The molecule has 0 aliphatic carbocycles. The van der Waals surface area contributed by atoms with Crippen LogP contribution in [0.25, 0.3) is 0 Å². The Hall–Kier alpha value is 1.66. The molecule has 0 unspecified atom stereocenters. The van der Waals surface area contributed by atoms with Crippen molar-refractivity contribution in [3.63, 3.8) is 0 Å². The van der Waals surface area contributed by atoms with Crippen LogP contribution in [0.1, 0.15) is 0 Å². The Balaban J connectivity index is -0.00000162. The van der Waals surface area contributed by atoms with Gasteiger partial charge < -0.3 is 14.8 Å². The summed E-state index contributed by atoms with van der Waals surface area (Å²) in [5, 5.41) is 6.95. The molecule has 21 heavy (non-hydrogen) atoms. The minimum Gasteiger partial charge on any atom is -0.748 e. The number of hydrogen-bond acceptors (Lipinski definition) is 9. The molecule has 0 rings (SSSR count). The molecular formula is C6H11N3Na2O6S4. The molecule has 0 spiro atoms. The van der Waals surface area contributed by atoms with Crippen LogP contribution in [0.15, 0.2) is 4.99 Å². The summed E-state index contributed by atoms with van der Waals surface area (Å²) in [5.41, 5.74) is 5.02. The molecule has 0 amide bonds. The number of nitrogens with two attached hydrogens (primary N) is 1. The van der Waals surface area contributed by atoms with Gasteiger partial charge in [0, 0.05) is 23.0 Å². The molecule has 3 N–H and O–H groups in total. The van der Waals surface area contributed by atoms with Gasteiger partial charge in [0.25, 0.3) is 0 Å². The van der Waals surface area contributed by atoms with E-state index < -0.39 is 37.7 Å². The van der Waals surface area contributed by atoms with Crippen LogP contribution in [0.2, 0.25) is 0 Å². The zero-order chi connectivity index (χ0) is 15.1. The van der Waals surface area contributed by atoms with Crippen LogP contribution in [0.3, 0.4) is 0 Å². The van der Waals surface area contributed by atoms with Crippen molar-refractivity contribution in [1.82, 2.24) is 0 Å². The summed E-state index contributed by atoms with van der Waals surface area (Å²) in [6.07, 6.45) is 0. The third-order valence-electron chi connectivity index (χ3n) is 1.33. The maximum Gasteiger partial charge on any atom is 1.00 e. The van der Waals surface area contributed by atoms with Crippen molar-refractivity contribution in [2.75, 3.05) is 23.0 Å². The third-order valence-corrected chi connectivity index (χ3v) is 5.45. The summed E-state index contributed by atoms with van der Waals surface area (Å²) in [6, 6.07) is 0. The predicted octanol–water partition coefficient (Wildman–Crippen LogP) is -7.20. The van der Waals surface area contributed by atoms with Crippen molar-refractivity contribution in [1.29, 1.82) is 5.41 Å². The zero-order valence-corrected chi connectivity index (χ0v) is 18.7. The molecule has 0 saturated heterocycles. The molecule has 0 fully saturated rings. The maximum atomic E-state index is 10.4. The smallest absolute Gasteiger partial charge is 0.748 e. The summed E-state index contributed by atoms with van der Waals surface area (Å²) >= 11 is 1.69. The number of hydrogen-bond donors (Lipinski definition) is 2. The van der Waals surface area contributed by atoms with Crippen molar-refractivity contribution in [3.05, 3.63) is 0 Å². The van der Waals surface area contributed by atoms with E-state index in [4.69, 9.17) is 11.1 Å². The first-order chi connectivity index (χ1) is 8.49. The second kappa shape index (κ2) is 13.0. The van der Waals surface area contributed by atoms with E-state index in [0.717, 1.165) is 23.5 Å². The molecule has 0 radical (unpaired) electrons. The van der Waals surface area contributed by atoms with Gasteiger partial charge in [-0.2, -0.15) is 0 Å². The number of aliphatic imine (C=N–C) groups is 1. The third kappa shape index (κ3) is 21.7. The normalized spacial score (nSPS) is 11.0. The molecule has 0 saturated carbocycles. The molecular weight excluding hydrogens is 384 g/mol. The molecule has 112 valence electrons. The number of thioether (sulfide) groups is 2. The minimum atomic E-state index is -4.36. The fourth-order valence-corrected chi connectivity index (χ4v) is 4.47. The summed E-state index contributed by atoms with van der Waals surface area (Å²) in [4.78, 5) is 3.53. The van der Waals surface area contributed by atoms with E-state index in [1.807, 2.05) is 0 Å². The van der Waals surface area contributed by atoms with Gasteiger partial charge in [0.1, 0.15) is 4.38 Å². The van der Waals surface area contributed by atoms with Gasteiger partial charge in [0.05, 0.1) is 20.2 Å². The van der Waals surface area contributed by atoms with E-state index in [0.29, 0.717) is 0 Å². The average Bonchev–Trinajstić information content (AvgIpc) is 2.11. The number of nitrogens with zero attached hydrogens (tertiary/aromatic N) is 1. The Labute approximate surface area is 176 Å². The van der Waals surface area contributed by atoms with Crippen LogP contribution < -0.4 is 64.8 Å². The van der Waals surface area contributed by atoms with Gasteiger partial charge in [0.15, 0.2) is 0 Å². The number of rotatable bonds is 6. The van der Waals surface area contributed by atoms with Crippen LogP contribution in [0, 0.1) is 5.41 Å². The Kier molecular flexibility index (Phi) is 17.0. The molecule has 0 aliphatic rings. The van der Waals surface area contributed by atoms with E-state index >= 15 is 0 Å². The molecule has 0 bridgehead atoms.